The van der Waals surface area contributed by atoms with Crippen LogP contribution in [0.2, 0.25) is 0 Å². The van der Waals surface area contributed by atoms with E-state index in [1.165, 1.54) is 72.5 Å². The smallest absolute Gasteiger partial charge is 0.252 e. The minimum atomic E-state index is -0.0378. The molecule has 0 unspecified atom stereocenters. The summed E-state index contributed by atoms with van der Waals surface area (Å²) in [6, 6.07) is 52.0. The number of para-hydroxylation sites is 2. The summed E-state index contributed by atoms with van der Waals surface area (Å²) in [7, 11) is 0. The number of fused-ring (bicyclic) bond motifs is 8. The molecule has 2 aromatic heterocycles. The van der Waals surface area contributed by atoms with Crippen LogP contribution in [0.15, 0.2) is 154 Å². The highest BCUT2D eigenvalue weighted by Crippen LogP contribution is 2.47. The molecular formula is C58H53BN2O2. The van der Waals surface area contributed by atoms with Crippen molar-refractivity contribution < 1.29 is 8.83 Å². The lowest BCUT2D eigenvalue weighted by Gasteiger charge is -2.45. The first-order valence-corrected chi connectivity index (χ1v) is 22.5. The molecule has 4 nitrogen and oxygen atoms in total. The molecule has 0 spiro atoms. The number of benzene rings is 7. The maximum absolute atomic E-state index is 6.55. The van der Waals surface area contributed by atoms with Crippen molar-refractivity contribution in [2.45, 2.75) is 79.6 Å². The van der Waals surface area contributed by atoms with Crippen molar-refractivity contribution in [3.63, 3.8) is 0 Å². The van der Waals surface area contributed by atoms with E-state index >= 15 is 0 Å². The Bertz CT molecular complexity index is 3330. The van der Waals surface area contributed by atoms with Gasteiger partial charge in [-0.2, -0.15) is 0 Å². The molecule has 0 bridgehead atoms. The van der Waals surface area contributed by atoms with Gasteiger partial charge in [-0.05, 0) is 136 Å². The predicted molar refractivity (Wildman–Crippen MR) is 268 cm³/mol. The van der Waals surface area contributed by atoms with Gasteiger partial charge in [0.1, 0.15) is 22.5 Å². The van der Waals surface area contributed by atoms with Crippen molar-refractivity contribution in [1.82, 2.24) is 0 Å². The van der Waals surface area contributed by atoms with E-state index in [0.717, 1.165) is 56.5 Å². The Balaban J connectivity index is 1.15. The van der Waals surface area contributed by atoms with Gasteiger partial charge in [-0.25, -0.2) is 0 Å². The number of hydrogen-bond donors (Lipinski definition) is 0. The largest absolute Gasteiger partial charge is 0.461 e. The number of allylic oxidation sites excluding steroid dienone is 1. The minimum Gasteiger partial charge on any atom is -0.461 e. The first-order valence-electron chi connectivity index (χ1n) is 22.5. The highest BCUT2D eigenvalue weighted by Gasteiger charge is 2.44. The summed E-state index contributed by atoms with van der Waals surface area (Å²) in [5, 5.41) is 3.42. The summed E-state index contributed by atoms with van der Waals surface area (Å²) in [5.41, 5.74) is 21.1. The maximum Gasteiger partial charge on any atom is 0.252 e. The maximum atomic E-state index is 6.55. The van der Waals surface area contributed by atoms with Crippen molar-refractivity contribution in [3.8, 4) is 0 Å². The lowest BCUT2D eigenvalue weighted by atomic mass is 9.33. The third-order valence-corrected chi connectivity index (χ3v) is 13.5. The Labute approximate surface area is 371 Å². The van der Waals surface area contributed by atoms with Gasteiger partial charge in [-0.15, -0.1) is 0 Å². The Morgan fingerprint density at radius 1 is 0.540 bits per heavy atom. The fourth-order valence-electron chi connectivity index (χ4n) is 10.3. The predicted octanol–water partition coefficient (Wildman–Crippen LogP) is 14.5. The van der Waals surface area contributed by atoms with Crippen molar-refractivity contribution in [2.24, 2.45) is 0 Å². The zero-order chi connectivity index (χ0) is 43.5. The topological polar surface area (TPSA) is 32.8 Å². The van der Waals surface area contributed by atoms with Gasteiger partial charge < -0.3 is 18.6 Å². The summed E-state index contributed by atoms with van der Waals surface area (Å²) in [6.45, 7) is 20.5. The fraction of sp³-hybridized carbons (Fsp3) is 0.207. The average molecular weight is 821 g/mol. The zero-order valence-corrected chi connectivity index (χ0v) is 37.9. The van der Waals surface area contributed by atoms with Gasteiger partial charge in [-0.3, -0.25) is 0 Å². The minimum absolute atomic E-state index is 0.0232. The number of aryl methyl sites for hydroxylation is 2. The van der Waals surface area contributed by atoms with E-state index < -0.39 is 0 Å². The van der Waals surface area contributed by atoms with E-state index in [-0.39, 0.29) is 17.5 Å². The van der Waals surface area contributed by atoms with Crippen molar-refractivity contribution in [2.75, 3.05) is 9.80 Å². The molecule has 0 amide bonds. The molecule has 9 aromatic rings. The van der Waals surface area contributed by atoms with Crippen LogP contribution in [0.4, 0.5) is 34.1 Å². The molecule has 0 N–H and O–H groups in total. The summed E-state index contributed by atoms with van der Waals surface area (Å²) >= 11 is 0. The quantitative estimate of drug-likeness (QED) is 0.162. The van der Waals surface area contributed by atoms with E-state index in [9.17, 15) is 0 Å². The normalized spacial score (nSPS) is 13.9. The lowest BCUT2D eigenvalue weighted by Crippen LogP contribution is -2.61. The number of furan rings is 2. The summed E-state index contributed by atoms with van der Waals surface area (Å²) in [4.78, 5) is 5.03. The van der Waals surface area contributed by atoms with Crippen LogP contribution in [-0.2, 0) is 10.8 Å². The Morgan fingerprint density at radius 3 is 1.84 bits per heavy atom. The average Bonchev–Trinajstić information content (AvgIpc) is 3.80. The molecule has 310 valence electrons. The fourth-order valence-corrected chi connectivity index (χ4v) is 10.3. The second kappa shape index (κ2) is 14.2. The molecule has 0 aliphatic carbocycles. The van der Waals surface area contributed by atoms with E-state index in [0.29, 0.717) is 0 Å². The molecule has 2 aliphatic heterocycles. The van der Waals surface area contributed by atoms with Crippen molar-refractivity contribution in [3.05, 3.63) is 179 Å². The molecule has 11 rings (SSSR count). The van der Waals surface area contributed by atoms with E-state index in [1.54, 1.807) is 0 Å². The van der Waals surface area contributed by atoms with Gasteiger partial charge in [0.25, 0.3) is 6.71 Å². The highest BCUT2D eigenvalue weighted by atomic mass is 16.3. The van der Waals surface area contributed by atoms with Crippen molar-refractivity contribution in [1.29, 1.82) is 0 Å². The molecule has 4 heterocycles. The van der Waals surface area contributed by atoms with Gasteiger partial charge in [-0.1, -0.05) is 127 Å². The van der Waals surface area contributed by atoms with Gasteiger partial charge >= 0.3 is 0 Å². The Hall–Kier alpha value is -6.72. The molecular weight excluding hydrogens is 767 g/mol. The van der Waals surface area contributed by atoms with Crippen molar-refractivity contribution >= 4 is 95.7 Å². The SMILES string of the molecule is CC/C=C(/c1ccc(N2c3ccc(C(C)(C)C)cc3B3c4ccc(C(C)(C)C)cc4N(c4ccc5c(c4)oc4ccccc45)c4cc(C)cc2c43)cc1)c1c(C)oc2ccccc12. The molecule has 63 heavy (non-hydrogen) atoms. The molecule has 2 aliphatic rings. The molecule has 0 radical (unpaired) electrons. The van der Waals surface area contributed by atoms with Gasteiger partial charge in [0.05, 0.1) is 0 Å². The molecule has 0 saturated heterocycles. The van der Waals surface area contributed by atoms with Crippen LogP contribution in [0, 0.1) is 13.8 Å². The van der Waals surface area contributed by atoms with Crippen LogP contribution in [0.1, 0.15) is 88.5 Å². The number of rotatable bonds is 5. The monoisotopic (exact) mass is 820 g/mol. The first kappa shape index (κ1) is 39.2. The number of hydrogen-bond acceptors (Lipinski definition) is 4. The number of anilines is 6. The molecule has 0 saturated carbocycles. The van der Waals surface area contributed by atoms with Crippen LogP contribution in [-0.4, -0.2) is 6.71 Å². The van der Waals surface area contributed by atoms with Gasteiger partial charge in [0.15, 0.2) is 0 Å². The van der Waals surface area contributed by atoms with Crippen LogP contribution < -0.4 is 26.2 Å². The Morgan fingerprint density at radius 2 is 1.14 bits per heavy atom. The second-order valence-corrected chi connectivity index (χ2v) is 19.7. The zero-order valence-electron chi connectivity index (χ0n) is 37.9. The van der Waals surface area contributed by atoms with Crippen LogP contribution in [0.3, 0.4) is 0 Å². The van der Waals surface area contributed by atoms with Gasteiger partial charge in [0.2, 0.25) is 0 Å². The summed E-state index contributed by atoms with van der Waals surface area (Å²) in [5.74, 6) is 0.941. The molecule has 0 atom stereocenters. The standard InChI is InChI=1S/C58H53BN2O2/c1-10-15-42(55-36(3)62-53-19-14-12-17-45(53)55)37-20-24-40(25-21-37)60-48-29-23-38(57(4,5)6)32-47(48)59-46-28-22-39(58(7,8)9)33-49(46)61(51-31-35(2)30-50(60)56(51)59)41-26-27-44-43-16-11-13-18-52(43)63-54(44)34-41/h11-34H,10H2,1-9H3/b42-15-. The molecule has 7 aromatic carbocycles. The third-order valence-electron chi connectivity index (χ3n) is 13.5. The van der Waals surface area contributed by atoms with E-state index in [2.05, 4.69) is 206 Å². The Kier molecular flexibility index (Phi) is 8.80. The number of nitrogens with zero attached hydrogens (tertiary/aromatic N) is 2. The van der Waals surface area contributed by atoms with E-state index in [1.807, 2.05) is 12.1 Å². The summed E-state index contributed by atoms with van der Waals surface area (Å²) in [6.07, 6.45) is 3.26. The first-order chi connectivity index (χ1) is 30.3. The second-order valence-electron chi connectivity index (χ2n) is 19.7. The van der Waals surface area contributed by atoms with Crippen LogP contribution >= 0.6 is 0 Å². The third kappa shape index (κ3) is 6.19. The summed E-state index contributed by atoms with van der Waals surface area (Å²) < 4.78 is 12.8. The molecule has 0 fully saturated rings. The highest BCUT2D eigenvalue weighted by molar-refractivity contribution is 7.00. The van der Waals surface area contributed by atoms with Crippen LogP contribution in [0.5, 0.6) is 0 Å². The molecule has 5 heteroatoms. The van der Waals surface area contributed by atoms with Gasteiger partial charge in [0, 0.05) is 61.9 Å². The van der Waals surface area contributed by atoms with E-state index in [4.69, 9.17) is 8.83 Å². The lowest BCUT2D eigenvalue weighted by molar-refractivity contribution is 0.577. The van der Waals surface area contributed by atoms with Crippen LogP contribution in [0.25, 0.3) is 38.5 Å².